The molecule has 3 nitrogen and oxygen atoms in total. The monoisotopic (exact) mass is 291 g/mol. The summed E-state index contributed by atoms with van der Waals surface area (Å²) in [5.41, 5.74) is 0.123. The summed E-state index contributed by atoms with van der Waals surface area (Å²) in [7, 11) is 0. The second-order valence-electron chi connectivity index (χ2n) is 5.26. The highest BCUT2D eigenvalue weighted by Crippen LogP contribution is 2.44. The summed E-state index contributed by atoms with van der Waals surface area (Å²) in [5.74, 6) is -2.47. The highest BCUT2D eigenvalue weighted by molar-refractivity contribution is 5.46. The standard InChI is InChI=1S/C13H13F4NO2/c14-12(15)11-10-7(1-2-8(10)19)9(5-18-11)20-6-3-13(16,17)4-6/h5-6,8,12,19H,1-4H2. The number of hydrogen-bond acceptors (Lipinski definition) is 3. The van der Waals surface area contributed by atoms with Crippen molar-refractivity contribution in [1.29, 1.82) is 0 Å². The summed E-state index contributed by atoms with van der Waals surface area (Å²) in [4.78, 5) is 3.63. The van der Waals surface area contributed by atoms with E-state index in [0.717, 1.165) is 6.20 Å². The van der Waals surface area contributed by atoms with Crippen molar-refractivity contribution in [3.05, 3.63) is 23.0 Å². The Morgan fingerprint density at radius 2 is 2.05 bits per heavy atom. The van der Waals surface area contributed by atoms with Gasteiger partial charge in [-0.2, -0.15) is 0 Å². The molecule has 2 aliphatic carbocycles. The molecule has 1 atom stereocenters. The molecule has 1 heterocycles. The van der Waals surface area contributed by atoms with Crippen LogP contribution in [0.5, 0.6) is 5.75 Å². The van der Waals surface area contributed by atoms with Gasteiger partial charge < -0.3 is 9.84 Å². The van der Waals surface area contributed by atoms with Crippen molar-refractivity contribution in [2.45, 2.75) is 50.2 Å². The number of rotatable bonds is 3. The van der Waals surface area contributed by atoms with Gasteiger partial charge in [0.05, 0.1) is 12.3 Å². The van der Waals surface area contributed by atoms with Crippen molar-refractivity contribution in [3.8, 4) is 5.75 Å². The third-order valence-electron chi connectivity index (χ3n) is 3.77. The Bertz CT molecular complexity index is 527. The van der Waals surface area contributed by atoms with Crippen LogP contribution < -0.4 is 4.74 Å². The molecule has 0 bridgehead atoms. The van der Waals surface area contributed by atoms with Gasteiger partial charge in [-0.3, -0.25) is 4.98 Å². The molecule has 0 aliphatic heterocycles. The zero-order valence-corrected chi connectivity index (χ0v) is 10.5. The van der Waals surface area contributed by atoms with Crippen LogP contribution in [0.25, 0.3) is 0 Å². The average Bonchev–Trinajstić information content (AvgIpc) is 2.70. The molecule has 0 aromatic carbocycles. The minimum atomic E-state index is -2.78. The van der Waals surface area contributed by atoms with Gasteiger partial charge in [-0.25, -0.2) is 17.6 Å². The highest BCUT2D eigenvalue weighted by atomic mass is 19.3. The number of halogens is 4. The zero-order valence-electron chi connectivity index (χ0n) is 10.5. The zero-order chi connectivity index (χ0) is 14.5. The van der Waals surface area contributed by atoms with Crippen molar-refractivity contribution < 1.29 is 27.4 Å². The third kappa shape index (κ3) is 2.24. The number of hydrogen-bond donors (Lipinski definition) is 1. The predicted octanol–water partition coefficient (Wildman–Crippen LogP) is 3.18. The van der Waals surface area contributed by atoms with E-state index in [4.69, 9.17) is 4.74 Å². The van der Waals surface area contributed by atoms with Crippen LogP contribution in [0.4, 0.5) is 17.6 Å². The fourth-order valence-corrected chi connectivity index (χ4v) is 2.76. The number of fused-ring (bicyclic) bond motifs is 1. The van der Waals surface area contributed by atoms with Gasteiger partial charge in [0.15, 0.2) is 0 Å². The molecular weight excluding hydrogens is 278 g/mol. The molecule has 0 spiro atoms. The van der Waals surface area contributed by atoms with Crippen LogP contribution >= 0.6 is 0 Å². The lowest BCUT2D eigenvalue weighted by atomic mass is 9.91. The maximum atomic E-state index is 12.9. The van der Waals surface area contributed by atoms with Gasteiger partial charge in [0.2, 0.25) is 0 Å². The van der Waals surface area contributed by atoms with E-state index in [0.29, 0.717) is 18.4 Å². The summed E-state index contributed by atoms with van der Waals surface area (Å²) in [6.07, 6.45) is -3.29. The van der Waals surface area contributed by atoms with Gasteiger partial charge in [-0.15, -0.1) is 0 Å². The van der Waals surface area contributed by atoms with Gasteiger partial charge in [0, 0.05) is 24.0 Å². The summed E-state index contributed by atoms with van der Waals surface area (Å²) in [5, 5.41) is 9.78. The number of nitrogens with zero attached hydrogens (tertiary/aromatic N) is 1. The first kappa shape index (κ1) is 13.6. The van der Waals surface area contributed by atoms with E-state index >= 15 is 0 Å². The number of aliphatic hydroxyl groups excluding tert-OH is 1. The van der Waals surface area contributed by atoms with Crippen molar-refractivity contribution >= 4 is 0 Å². The Kier molecular flexibility index (Phi) is 3.12. The smallest absolute Gasteiger partial charge is 0.280 e. The van der Waals surface area contributed by atoms with Crippen molar-refractivity contribution in [2.24, 2.45) is 0 Å². The van der Waals surface area contributed by atoms with Crippen LogP contribution in [0.2, 0.25) is 0 Å². The first-order valence-electron chi connectivity index (χ1n) is 6.40. The fraction of sp³-hybridized carbons (Fsp3) is 0.615. The molecule has 1 aromatic rings. The highest BCUT2D eigenvalue weighted by Gasteiger charge is 2.47. The van der Waals surface area contributed by atoms with Gasteiger partial charge in [0.1, 0.15) is 17.5 Å². The van der Waals surface area contributed by atoms with Gasteiger partial charge in [-0.1, -0.05) is 0 Å². The molecule has 2 aliphatic rings. The van der Waals surface area contributed by atoms with Crippen molar-refractivity contribution in [2.75, 3.05) is 0 Å². The van der Waals surface area contributed by atoms with Crippen LogP contribution in [-0.2, 0) is 6.42 Å². The molecule has 20 heavy (non-hydrogen) atoms. The molecule has 3 rings (SSSR count). The Balaban J connectivity index is 1.87. The van der Waals surface area contributed by atoms with Gasteiger partial charge >= 0.3 is 0 Å². The molecule has 0 saturated heterocycles. The lowest BCUT2D eigenvalue weighted by Gasteiger charge is -2.35. The summed E-state index contributed by atoms with van der Waals surface area (Å²) < 4.78 is 56.6. The van der Waals surface area contributed by atoms with E-state index in [1.54, 1.807) is 0 Å². The van der Waals surface area contributed by atoms with Crippen molar-refractivity contribution in [1.82, 2.24) is 4.98 Å². The Morgan fingerprint density at radius 3 is 2.65 bits per heavy atom. The van der Waals surface area contributed by atoms with Crippen LogP contribution in [-0.4, -0.2) is 22.1 Å². The van der Waals surface area contributed by atoms with E-state index in [2.05, 4.69) is 4.98 Å². The molecule has 1 unspecified atom stereocenters. The van der Waals surface area contributed by atoms with Crippen LogP contribution in [0, 0.1) is 0 Å². The number of ether oxygens (including phenoxy) is 1. The molecule has 1 N–H and O–H groups in total. The second-order valence-corrected chi connectivity index (χ2v) is 5.26. The summed E-state index contributed by atoms with van der Waals surface area (Å²) in [6, 6.07) is 0. The van der Waals surface area contributed by atoms with E-state index in [1.165, 1.54) is 0 Å². The summed E-state index contributed by atoms with van der Waals surface area (Å²) >= 11 is 0. The molecule has 1 saturated carbocycles. The van der Waals surface area contributed by atoms with E-state index in [9.17, 15) is 22.7 Å². The van der Waals surface area contributed by atoms with Gasteiger partial charge in [0.25, 0.3) is 12.3 Å². The molecule has 0 amide bonds. The molecule has 110 valence electrons. The second kappa shape index (κ2) is 4.58. The molecule has 0 radical (unpaired) electrons. The van der Waals surface area contributed by atoms with E-state index < -0.39 is 30.2 Å². The third-order valence-corrected chi connectivity index (χ3v) is 3.77. The van der Waals surface area contributed by atoms with Crippen LogP contribution in [0.3, 0.4) is 0 Å². The number of alkyl halides is 4. The molecule has 1 fully saturated rings. The van der Waals surface area contributed by atoms with Crippen molar-refractivity contribution in [3.63, 3.8) is 0 Å². The van der Waals surface area contributed by atoms with E-state index in [-0.39, 0.29) is 24.2 Å². The lowest BCUT2D eigenvalue weighted by molar-refractivity contribution is -0.134. The normalized spacial score (nSPS) is 24.6. The average molecular weight is 291 g/mol. The van der Waals surface area contributed by atoms with Gasteiger partial charge in [-0.05, 0) is 12.8 Å². The largest absolute Gasteiger partial charge is 0.488 e. The fourth-order valence-electron chi connectivity index (χ4n) is 2.76. The number of aromatic nitrogens is 1. The SMILES string of the molecule is OC1CCc2c(OC3CC(F)(F)C3)cnc(C(F)F)c21. The van der Waals surface area contributed by atoms with E-state index in [1.807, 2.05) is 0 Å². The number of aliphatic hydroxyl groups is 1. The molecular formula is C13H13F4NO2. The minimum absolute atomic E-state index is 0.101. The van der Waals surface area contributed by atoms with Crippen LogP contribution in [0.1, 0.15) is 48.6 Å². The molecule has 1 aromatic heterocycles. The first-order chi connectivity index (χ1) is 9.37. The Labute approximate surface area is 112 Å². The lowest BCUT2D eigenvalue weighted by Crippen LogP contribution is -2.43. The Hall–Kier alpha value is -1.37. The number of pyridine rings is 1. The minimum Gasteiger partial charge on any atom is -0.488 e. The first-order valence-corrected chi connectivity index (χ1v) is 6.40. The van der Waals surface area contributed by atoms with Crippen LogP contribution in [0.15, 0.2) is 6.20 Å². The quantitative estimate of drug-likeness (QED) is 0.870. The predicted molar refractivity (Wildman–Crippen MR) is 61.1 cm³/mol. The maximum Gasteiger partial charge on any atom is 0.280 e. The maximum absolute atomic E-state index is 12.9. The topological polar surface area (TPSA) is 42.4 Å². The summed E-state index contributed by atoms with van der Waals surface area (Å²) in [6.45, 7) is 0. The molecule has 7 heteroatoms. The Morgan fingerprint density at radius 1 is 1.35 bits per heavy atom.